The maximum Gasteiger partial charge on any atom is 0.410 e. The molecule has 2 aromatic rings. The molecule has 0 aliphatic carbocycles. The number of hydrogen-bond donors (Lipinski definition) is 0. The van der Waals surface area contributed by atoms with E-state index in [0.717, 1.165) is 0 Å². The lowest BCUT2D eigenvalue weighted by Gasteiger charge is -2.40. The number of anilines is 3. The summed E-state index contributed by atoms with van der Waals surface area (Å²) in [5.41, 5.74) is 0.157. The van der Waals surface area contributed by atoms with Crippen LogP contribution in [0.3, 0.4) is 0 Å². The van der Waals surface area contributed by atoms with Crippen molar-refractivity contribution in [2.45, 2.75) is 85.2 Å². The first-order valence-corrected chi connectivity index (χ1v) is 18.7. The number of carbonyl (C=O) groups excluding carboxylic acids is 5. The molecule has 0 bridgehead atoms. The molecule has 0 radical (unpaired) electrons. The van der Waals surface area contributed by atoms with Gasteiger partial charge in [-0.05, 0) is 61.3 Å². The number of ether oxygens (including phenoxy) is 3. The standard InChI is InChI=1S/C38H53N7O8/c1-8-41(9-2)33-28(29(47)25-16-13-12-14-17-25)34(40-36(39-33)42(10-3)11-4)43-20-22-44(23-21-43)37(50)51-24-27(46)52-31-26-18-15-19-45(26)35(49)32(30(31)48)53-38(5,6)7/h12-14,16-17,26,31-32H,8-11,15,18-24H2,1-7H3. The van der Waals surface area contributed by atoms with Crippen LogP contribution in [-0.2, 0) is 28.6 Å². The van der Waals surface area contributed by atoms with Crippen molar-refractivity contribution in [3.8, 4) is 0 Å². The average Bonchev–Trinajstić information content (AvgIpc) is 3.65. The number of ketones is 2. The first-order chi connectivity index (χ1) is 25.3. The highest BCUT2D eigenvalue weighted by molar-refractivity contribution is 6.15. The monoisotopic (exact) mass is 735 g/mol. The van der Waals surface area contributed by atoms with Gasteiger partial charge in [-0.15, -0.1) is 0 Å². The summed E-state index contributed by atoms with van der Waals surface area (Å²) in [4.78, 5) is 85.8. The highest BCUT2D eigenvalue weighted by Crippen LogP contribution is 2.34. The van der Waals surface area contributed by atoms with E-state index >= 15 is 0 Å². The summed E-state index contributed by atoms with van der Waals surface area (Å²) >= 11 is 0. The van der Waals surface area contributed by atoms with Gasteiger partial charge in [0, 0.05) is 64.5 Å². The molecular weight excluding hydrogens is 682 g/mol. The van der Waals surface area contributed by atoms with Crippen molar-refractivity contribution in [3.63, 3.8) is 0 Å². The quantitative estimate of drug-likeness (QED) is 0.168. The van der Waals surface area contributed by atoms with E-state index < -0.39 is 54.2 Å². The summed E-state index contributed by atoms with van der Waals surface area (Å²) < 4.78 is 16.7. The van der Waals surface area contributed by atoms with Crippen molar-refractivity contribution < 1.29 is 38.2 Å². The highest BCUT2D eigenvalue weighted by atomic mass is 16.6. The summed E-state index contributed by atoms with van der Waals surface area (Å²) in [6.07, 6.45) is -2.10. The summed E-state index contributed by atoms with van der Waals surface area (Å²) in [6, 6.07) is 8.49. The van der Waals surface area contributed by atoms with Crippen LogP contribution >= 0.6 is 0 Å². The summed E-state index contributed by atoms with van der Waals surface area (Å²) in [7, 11) is 0. The van der Waals surface area contributed by atoms with Gasteiger partial charge in [-0.3, -0.25) is 14.4 Å². The number of fused-ring (bicyclic) bond motifs is 1. The van der Waals surface area contributed by atoms with Crippen LogP contribution in [0.5, 0.6) is 0 Å². The fraction of sp³-hybridized carbons (Fsp3) is 0.605. The second kappa shape index (κ2) is 16.9. The highest BCUT2D eigenvalue weighted by Gasteiger charge is 2.53. The van der Waals surface area contributed by atoms with Crippen LogP contribution in [0.15, 0.2) is 30.3 Å². The zero-order valence-electron chi connectivity index (χ0n) is 32.0. The number of carbonyl (C=O) groups is 5. The molecule has 1 aromatic heterocycles. The van der Waals surface area contributed by atoms with Crippen LogP contribution in [0.1, 0.15) is 77.2 Å². The summed E-state index contributed by atoms with van der Waals surface area (Å²) in [5, 5.41) is 0. The Balaban J connectivity index is 1.29. The molecule has 1 aromatic carbocycles. The van der Waals surface area contributed by atoms with Gasteiger partial charge in [0.05, 0.1) is 11.6 Å². The molecule has 3 atom stereocenters. The number of Topliss-reactive ketones (excluding diaryl/α,β-unsaturated/α-hetero) is 1. The van der Waals surface area contributed by atoms with Gasteiger partial charge in [0.1, 0.15) is 17.2 Å². The Morgan fingerprint density at radius 2 is 1.51 bits per heavy atom. The predicted octanol–water partition coefficient (Wildman–Crippen LogP) is 3.33. The molecule has 2 amide bonds. The van der Waals surface area contributed by atoms with Gasteiger partial charge in [0.2, 0.25) is 17.5 Å². The number of piperazine rings is 1. The molecule has 3 fully saturated rings. The van der Waals surface area contributed by atoms with Gasteiger partial charge in [-0.2, -0.15) is 9.97 Å². The van der Waals surface area contributed by atoms with Crippen molar-refractivity contribution in [1.82, 2.24) is 19.8 Å². The number of benzene rings is 1. The van der Waals surface area contributed by atoms with Gasteiger partial charge >= 0.3 is 12.1 Å². The topological polar surface area (TPSA) is 155 Å². The van der Waals surface area contributed by atoms with Crippen LogP contribution in [0.25, 0.3) is 0 Å². The minimum atomic E-state index is -1.37. The molecule has 0 N–H and O–H groups in total. The lowest BCUT2D eigenvalue weighted by atomic mass is 9.94. The third-order valence-electron chi connectivity index (χ3n) is 9.81. The van der Waals surface area contributed by atoms with Gasteiger partial charge in [-0.25, -0.2) is 9.59 Å². The number of rotatable bonds is 13. The van der Waals surface area contributed by atoms with Crippen LogP contribution in [-0.4, -0.2) is 139 Å². The van der Waals surface area contributed by atoms with E-state index in [1.807, 2.05) is 55.7 Å². The number of piperidine rings is 1. The Labute approximate surface area is 311 Å². The number of aromatic nitrogens is 2. The number of esters is 1. The Kier molecular flexibility index (Phi) is 12.6. The first-order valence-electron chi connectivity index (χ1n) is 18.7. The Morgan fingerprint density at radius 3 is 2.11 bits per heavy atom. The van der Waals surface area contributed by atoms with Crippen molar-refractivity contribution in [1.29, 1.82) is 0 Å². The van der Waals surface area contributed by atoms with Crippen LogP contribution in [0.2, 0.25) is 0 Å². The lowest BCUT2D eigenvalue weighted by molar-refractivity contribution is -0.185. The fourth-order valence-corrected chi connectivity index (χ4v) is 7.07. The van der Waals surface area contributed by atoms with E-state index in [4.69, 9.17) is 24.2 Å². The average molecular weight is 736 g/mol. The lowest BCUT2D eigenvalue weighted by Crippen LogP contribution is -2.63. The Morgan fingerprint density at radius 1 is 0.868 bits per heavy atom. The fourth-order valence-electron chi connectivity index (χ4n) is 7.07. The molecule has 15 nitrogen and oxygen atoms in total. The van der Waals surface area contributed by atoms with Crippen molar-refractivity contribution in [2.75, 3.05) is 80.2 Å². The largest absolute Gasteiger partial charge is 0.449 e. The molecule has 15 heteroatoms. The minimum Gasteiger partial charge on any atom is -0.449 e. The maximum atomic E-state index is 14.2. The van der Waals surface area contributed by atoms with E-state index in [1.54, 1.807) is 37.8 Å². The van der Waals surface area contributed by atoms with Gasteiger partial charge in [-0.1, -0.05) is 30.3 Å². The smallest absolute Gasteiger partial charge is 0.410 e. The molecule has 5 rings (SSSR count). The normalized spacial score (nSPS) is 20.3. The molecule has 3 unspecified atom stereocenters. The van der Waals surface area contributed by atoms with Gasteiger partial charge in [0.15, 0.2) is 18.8 Å². The third kappa shape index (κ3) is 8.72. The third-order valence-corrected chi connectivity index (χ3v) is 9.81. The van der Waals surface area contributed by atoms with Crippen LogP contribution in [0, 0.1) is 0 Å². The van der Waals surface area contributed by atoms with Crippen molar-refractivity contribution in [2.24, 2.45) is 0 Å². The molecule has 0 spiro atoms. The van der Waals surface area contributed by atoms with E-state index in [-0.39, 0.29) is 18.9 Å². The van der Waals surface area contributed by atoms with E-state index in [0.29, 0.717) is 87.4 Å². The predicted molar refractivity (Wildman–Crippen MR) is 198 cm³/mol. The first kappa shape index (κ1) is 39.4. The number of amides is 2. The van der Waals surface area contributed by atoms with E-state index in [1.165, 1.54) is 4.90 Å². The molecule has 288 valence electrons. The summed E-state index contributed by atoms with van der Waals surface area (Å²) in [5.74, 6) is -0.511. The Bertz CT molecular complexity index is 1650. The molecule has 0 saturated carbocycles. The zero-order valence-corrected chi connectivity index (χ0v) is 32.0. The van der Waals surface area contributed by atoms with E-state index in [2.05, 4.69) is 4.90 Å². The molecular formula is C38H53N7O8. The van der Waals surface area contributed by atoms with Gasteiger partial charge in [0.25, 0.3) is 5.91 Å². The van der Waals surface area contributed by atoms with Crippen LogP contribution < -0.4 is 14.7 Å². The number of nitrogens with zero attached hydrogens (tertiary/aromatic N) is 7. The minimum absolute atomic E-state index is 0.188. The second-order valence-electron chi connectivity index (χ2n) is 14.3. The van der Waals surface area contributed by atoms with Crippen molar-refractivity contribution in [3.05, 3.63) is 41.5 Å². The molecule has 3 aliphatic heterocycles. The Hall–Kier alpha value is -4.79. The molecule has 4 heterocycles. The molecule has 3 saturated heterocycles. The van der Waals surface area contributed by atoms with Gasteiger partial charge < -0.3 is 38.7 Å². The SMILES string of the molecule is CCN(CC)c1nc(N(CC)CC)c(C(=O)c2ccccc2)c(N2CCN(C(=O)OCC(=O)OC3C(=O)C(OC(C)(C)C)C(=O)N4CCCC34)CC2)n1. The maximum absolute atomic E-state index is 14.2. The molecule has 3 aliphatic rings. The zero-order chi connectivity index (χ0) is 38.4. The number of hydrogen-bond acceptors (Lipinski definition) is 13. The summed E-state index contributed by atoms with van der Waals surface area (Å²) in [6.45, 7) is 16.9. The van der Waals surface area contributed by atoms with Crippen molar-refractivity contribution >= 4 is 47.1 Å². The second-order valence-corrected chi connectivity index (χ2v) is 14.3. The molecule has 53 heavy (non-hydrogen) atoms. The van der Waals surface area contributed by atoms with E-state index in [9.17, 15) is 24.0 Å². The van der Waals surface area contributed by atoms with Crippen LogP contribution in [0.4, 0.5) is 22.4 Å².